The zero-order valence-corrected chi connectivity index (χ0v) is 15.8. The Labute approximate surface area is 157 Å². The van der Waals surface area contributed by atoms with Gasteiger partial charge >= 0.3 is 5.69 Å². The van der Waals surface area contributed by atoms with Gasteiger partial charge in [0.25, 0.3) is 0 Å². The predicted octanol–water partition coefficient (Wildman–Crippen LogP) is 2.31. The number of amides is 1. The third-order valence-electron chi connectivity index (χ3n) is 4.35. The summed E-state index contributed by atoms with van der Waals surface area (Å²) in [6, 6.07) is 8.01. The van der Waals surface area contributed by atoms with Gasteiger partial charge in [-0.25, -0.2) is 9.89 Å². The monoisotopic (exact) mass is 375 g/mol. The van der Waals surface area contributed by atoms with E-state index in [9.17, 15) is 9.59 Å². The highest BCUT2D eigenvalue weighted by atomic mass is 32.2. The van der Waals surface area contributed by atoms with Crippen LogP contribution in [0.1, 0.15) is 31.7 Å². The average Bonchev–Trinajstić information content (AvgIpc) is 3.26. The quantitative estimate of drug-likeness (QED) is 0.692. The molecule has 1 aromatic carbocycles. The normalized spacial score (nSPS) is 14.7. The summed E-state index contributed by atoms with van der Waals surface area (Å²) in [6.45, 7) is 5.90. The molecule has 0 atom stereocenters. The van der Waals surface area contributed by atoms with E-state index in [-0.39, 0.29) is 17.3 Å². The zero-order valence-electron chi connectivity index (χ0n) is 15.0. The smallest absolute Gasteiger partial charge is 0.325 e. The molecule has 0 spiro atoms. The van der Waals surface area contributed by atoms with Gasteiger partial charge in [-0.05, 0) is 50.0 Å². The lowest BCUT2D eigenvalue weighted by molar-refractivity contribution is -0.113. The lowest BCUT2D eigenvalue weighted by Crippen LogP contribution is -2.19. The van der Waals surface area contributed by atoms with Crippen molar-refractivity contribution in [1.82, 2.24) is 19.7 Å². The number of nitrogens with one attached hydrogen (secondary N) is 2. The fourth-order valence-corrected chi connectivity index (χ4v) is 3.83. The topological polar surface area (TPSA) is 83.0 Å². The molecule has 1 amide bonds. The first-order valence-corrected chi connectivity index (χ1v) is 10.0. The van der Waals surface area contributed by atoms with Crippen molar-refractivity contribution in [2.24, 2.45) is 0 Å². The molecule has 2 aromatic rings. The van der Waals surface area contributed by atoms with E-state index in [1.54, 1.807) is 4.57 Å². The Morgan fingerprint density at radius 3 is 2.69 bits per heavy atom. The molecular formula is C18H25N5O2S. The van der Waals surface area contributed by atoms with Crippen molar-refractivity contribution < 1.29 is 4.79 Å². The van der Waals surface area contributed by atoms with Crippen molar-refractivity contribution >= 4 is 23.4 Å². The molecule has 0 bridgehead atoms. The average molecular weight is 375 g/mol. The lowest BCUT2D eigenvalue weighted by Gasteiger charge is -2.14. The zero-order chi connectivity index (χ0) is 18.4. The summed E-state index contributed by atoms with van der Waals surface area (Å²) >= 11 is 1.26. The number of benzene rings is 1. The third kappa shape index (κ3) is 4.98. The largest absolute Gasteiger partial charge is 0.343 e. The van der Waals surface area contributed by atoms with Crippen LogP contribution in [-0.2, 0) is 17.9 Å². The maximum atomic E-state index is 12.2. The maximum absolute atomic E-state index is 12.2. The summed E-state index contributed by atoms with van der Waals surface area (Å²) in [5, 5.41) is 9.85. The molecule has 1 fully saturated rings. The van der Waals surface area contributed by atoms with Gasteiger partial charge in [-0.2, -0.15) is 0 Å². The van der Waals surface area contributed by atoms with Crippen molar-refractivity contribution in [2.45, 2.75) is 44.4 Å². The van der Waals surface area contributed by atoms with Crippen molar-refractivity contribution in [2.75, 3.05) is 24.2 Å². The van der Waals surface area contributed by atoms with Gasteiger partial charge in [0.1, 0.15) is 0 Å². The summed E-state index contributed by atoms with van der Waals surface area (Å²) in [5.41, 5.74) is 1.82. The molecule has 1 aliphatic rings. The van der Waals surface area contributed by atoms with Crippen LogP contribution in [0.5, 0.6) is 0 Å². The van der Waals surface area contributed by atoms with E-state index in [0.717, 1.165) is 18.7 Å². The number of likely N-dealkylation sites (tertiary alicyclic amines) is 1. The number of nitrogens with zero attached hydrogens (tertiary/aromatic N) is 3. The summed E-state index contributed by atoms with van der Waals surface area (Å²) < 4.78 is 1.56. The minimum Gasteiger partial charge on any atom is -0.325 e. The first-order chi connectivity index (χ1) is 12.7. The number of H-pyrrole nitrogens is 1. The molecule has 0 radical (unpaired) electrons. The van der Waals surface area contributed by atoms with E-state index in [4.69, 9.17) is 0 Å². The lowest BCUT2D eigenvalue weighted by atomic mass is 10.2. The predicted molar refractivity (Wildman–Crippen MR) is 103 cm³/mol. The third-order valence-corrected chi connectivity index (χ3v) is 5.32. The second kappa shape index (κ2) is 9.05. The highest BCUT2D eigenvalue weighted by Crippen LogP contribution is 2.17. The number of carbonyl (C=O) groups is 1. The number of aromatic nitrogens is 3. The van der Waals surface area contributed by atoms with Gasteiger partial charge in [-0.3, -0.25) is 14.3 Å². The number of carbonyl (C=O) groups excluding carboxylic acids is 1. The van der Waals surface area contributed by atoms with E-state index >= 15 is 0 Å². The fourth-order valence-electron chi connectivity index (χ4n) is 3.05. The maximum Gasteiger partial charge on any atom is 0.343 e. The highest BCUT2D eigenvalue weighted by molar-refractivity contribution is 7.99. The molecule has 26 heavy (non-hydrogen) atoms. The number of rotatable bonds is 8. The van der Waals surface area contributed by atoms with Gasteiger partial charge in [-0.15, -0.1) is 5.10 Å². The van der Waals surface area contributed by atoms with Gasteiger partial charge in [-0.1, -0.05) is 30.8 Å². The number of thioether (sulfide) groups is 1. The van der Waals surface area contributed by atoms with Gasteiger partial charge < -0.3 is 5.32 Å². The molecule has 0 saturated carbocycles. The van der Waals surface area contributed by atoms with Crippen LogP contribution in [0.25, 0.3) is 0 Å². The Morgan fingerprint density at radius 2 is 2.00 bits per heavy atom. The molecule has 2 heterocycles. The van der Waals surface area contributed by atoms with Crippen molar-refractivity contribution in [3.8, 4) is 0 Å². The molecule has 2 N–H and O–H groups in total. The van der Waals surface area contributed by atoms with E-state index in [1.807, 2.05) is 19.1 Å². The van der Waals surface area contributed by atoms with E-state index in [1.165, 1.54) is 43.3 Å². The van der Waals surface area contributed by atoms with Crippen molar-refractivity contribution in [3.05, 3.63) is 40.3 Å². The minimum absolute atomic E-state index is 0.110. The van der Waals surface area contributed by atoms with E-state index in [0.29, 0.717) is 11.7 Å². The van der Waals surface area contributed by atoms with E-state index < -0.39 is 0 Å². The van der Waals surface area contributed by atoms with Crippen LogP contribution in [0.15, 0.2) is 34.2 Å². The summed E-state index contributed by atoms with van der Waals surface area (Å²) in [5.74, 6) is 0.101. The number of anilines is 1. The number of hydrogen-bond acceptors (Lipinski definition) is 5. The second-order valence-electron chi connectivity index (χ2n) is 6.48. The van der Waals surface area contributed by atoms with E-state index in [2.05, 4.69) is 32.5 Å². The minimum atomic E-state index is -0.233. The first kappa shape index (κ1) is 18.7. The molecule has 0 unspecified atom stereocenters. The number of aromatic amines is 1. The highest BCUT2D eigenvalue weighted by Gasteiger charge is 2.13. The summed E-state index contributed by atoms with van der Waals surface area (Å²) in [6.07, 6.45) is 3.41. The molecule has 1 aromatic heterocycles. The first-order valence-electron chi connectivity index (χ1n) is 9.05. The van der Waals surface area contributed by atoms with Crippen LogP contribution < -0.4 is 11.0 Å². The summed E-state index contributed by atoms with van der Waals surface area (Å²) in [4.78, 5) is 26.3. The van der Waals surface area contributed by atoms with Crippen LogP contribution in [0.4, 0.5) is 5.69 Å². The Hall–Kier alpha value is -2.06. The fraction of sp³-hybridized carbons (Fsp3) is 0.500. The molecular weight excluding hydrogens is 350 g/mol. The molecule has 140 valence electrons. The van der Waals surface area contributed by atoms with Crippen molar-refractivity contribution in [1.29, 1.82) is 0 Å². The van der Waals surface area contributed by atoms with Crippen molar-refractivity contribution in [3.63, 3.8) is 0 Å². The Kier molecular flexibility index (Phi) is 6.51. The van der Waals surface area contributed by atoms with Crippen LogP contribution in [-0.4, -0.2) is 44.4 Å². The molecule has 0 aliphatic carbocycles. The van der Waals surface area contributed by atoms with Gasteiger partial charge in [0.2, 0.25) is 5.91 Å². The standard InChI is InChI=1S/C18H25N5O2S/c1-2-9-23-17(25)20-21-18(23)26-13-16(24)19-15-7-5-14(6-8-15)12-22-10-3-4-11-22/h5-8H,2-4,9-13H2,1H3,(H,19,24)(H,20,25). The second-order valence-corrected chi connectivity index (χ2v) is 7.42. The molecule has 8 heteroatoms. The molecule has 1 aliphatic heterocycles. The molecule has 3 rings (SSSR count). The Bertz CT molecular complexity index is 778. The summed E-state index contributed by atoms with van der Waals surface area (Å²) in [7, 11) is 0. The van der Waals surface area contributed by atoms with Gasteiger partial charge in [0, 0.05) is 18.8 Å². The number of hydrogen-bond donors (Lipinski definition) is 2. The Balaban J connectivity index is 1.49. The van der Waals surface area contributed by atoms with Crippen LogP contribution in [0, 0.1) is 0 Å². The van der Waals surface area contributed by atoms with Crippen LogP contribution in [0.2, 0.25) is 0 Å². The van der Waals surface area contributed by atoms with Gasteiger partial charge in [0.05, 0.1) is 5.75 Å². The molecule has 7 nitrogen and oxygen atoms in total. The SMILES string of the molecule is CCCn1c(SCC(=O)Nc2ccc(CN3CCCC3)cc2)n[nH]c1=O. The van der Waals surface area contributed by atoms with Gasteiger partial charge in [0.15, 0.2) is 5.16 Å². The van der Waals surface area contributed by atoms with Crippen LogP contribution >= 0.6 is 11.8 Å². The molecule has 1 saturated heterocycles. The Morgan fingerprint density at radius 1 is 1.27 bits per heavy atom. The van der Waals surface area contributed by atoms with Crippen LogP contribution in [0.3, 0.4) is 0 Å².